The molecule has 0 unspecified atom stereocenters. The molecule has 1 aromatic heterocycles. The fraction of sp³-hybridized carbons (Fsp3) is 0.375. The van der Waals surface area contributed by atoms with Crippen molar-refractivity contribution in [3.63, 3.8) is 0 Å². The van der Waals surface area contributed by atoms with Crippen LogP contribution in [0.5, 0.6) is 0 Å². The molecule has 0 aliphatic heterocycles. The average molecular weight is 285 g/mol. The third-order valence-electron chi connectivity index (χ3n) is 3.51. The van der Waals surface area contributed by atoms with E-state index >= 15 is 0 Å². The second kappa shape index (κ2) is 6.10. The Hall–Kier alpha value is -2.14. The summed E-state index contributed by atoms with van der Waals surface area (Å²) in [7, 11) is 1.83. The Labute approximate surface area is 123 Å². The van der Waals surface area contributed by atoms with E-state index < -0.39 is 0 Å². The summed E-state index contributed by atoms with van der Waals surface area (Å²) in [6.07, 6.45) is 4.59. The van der Waals surface area contributed by atoms with Gasteiger partial charge in [-0.25, -0.2) is 4.98 Å². The summed E-state index contributed by atoms with van der Waals surface area (Å²) in [6.45, 7) is 0.673. The van der Waals surface area contributed by atoms with Crippen LogP contribution < -0.4 is 10.6 Å². The van der Waals surface area contributed by atoms with E-state index in [0.29, 0.717) is 18.9 Å². The summed E-state index contributed by atoms with van der Waals surface area (Å²) in [5.41, 5.74) is 1.77. The zero-order valence-corrected chi connectivity index (χ0v) is 12.1. The van der Waals surface area contributed by atoms with Crippen LogP contribution in [0.15, 0.2) is 34.9 Å². The van der Waals surface area contributed by atoms with Gasteiger partial charge in [-0.05, 0) is 44.2 Å². The molecule has 0 atom stereocenters. The summed E-state index contributed by atoms with van der Waals surface area (Å²) in [6, 6.07) is 7.63. The van der Waals surface area contributed by atoms with Crippen LogP contribution in [0.2, 0.25) is 0 Å². The number of nitrogens with one attached hydrogen (secondary N) is 2. The molecule has 0 spiro atoms. The standard InChI is InChI=1S/C16H19N3O2/c1-17-9-8-15(20)19-13-6-4-11(5-7-13)14-10-18-16(21-14)12-2-3-12/h4-7,10,12,17H,2-3,8-9H2,1H3,(H,19,20). The van der Waals surface area contributed by atoms with Crippen molar-refractivity contribution in [3.05, 3.63) is 36.4 Å². The van der Waals surface area contributed by atoms with Gasteiger partial charge in [0.15, 0.2) is 11.7 Å². The van der Waals surface area contributed by atoms with E-state index in [1.807, 2.05) is 31.3 Å². The molecule has 3 rings (SSSR count). The molecule has 1 aliphatic rings. The number of anilines is 1. The van der Waals surface area contributed by atoms with Gasteiger partial charge in [0.2, 0.25) is 5.91 Å². The molecule has 1 amide bonds. The van der Waals surface area contributed by atoms with Gasteiger partial charge in [-0.2, -0.15) is 0 Å². The average Bonchev–Trinajstić information content (AvgIpc) is 3.24. The minimum atomic E-state index is 0.00721. The largest absolute Gasteiger partial charge is 0.440 e. The van der Waals surface area contributed by atoms with E-state index in [2.05, 4.69) is 15.6 Å². The number of carbonyl (C=O) groups excluding carboxylic acids is 1. The molecule has 1 heterocycles. The predicted molar refractivity (Wildman–Crippen MR) is 81.1 cm³/mol. The second-order valence-corrected chi connectivity index (χ2v) is 5.32. The molecular formula is C16H19N3O2. The summed E-state index contributed by atoms with van der Waals surface area (Å²) in [4.78, 5) is 15.9. The molecule has 5 heteroatoms. The highest BCUT2D eigenvalue weighted by atomic mass is 16.4. The zero-order valence-electron chi connectivity index (χ0n) is 12.1. The highest BCUT2D eigenvalue weighted by Crippen LogP contribution is 2.40. The number of hydrogen-bond donors (Lipinski definition) is 2. The highest BCUT2D eigenvalue weighted by molar-refractivity contribution is 5.91. The van der Waals surface area contributed by atoms with Gasteiger partial charge < -0.3 is 15.1 Å². The second-order valence-electron chi connectivity index (χ2n) is 5.32. The van der Waals surface area contributed by atoms with Crippen LogP contribution in [-0.4, -0.2) is 24.5 Å². The Morgan fingerprint density at radius 3 is 2.76 bits per heavy atom. The van der Waals surface area contributed by atoms with Crippen LogP contribution in [0.1, 0.15) is 31.1 Å². The minimum Gasteiger partial charge on any atom is -0.440 e. The third kappa shape index (κ3) is 3.49. The van der Waals surface area contributed by atoms with Crippen molar-refractivity contribution < 1.29 is 9.21 Å². The molecule has 1 fully saturated rings. The molecular weight excluding hydrogens is 266 g/mol. The van der Waals surface area contributed by atoms with Crippen LogP contribution >= 0.6 is 0 Å². The molecule has 2 aromatic rings. The molecule has 0 bridgehead atoms. The Bertz CT molecular complexity index is 615. The molecule has 5 nitrogen and oxygen atoms in total. The van der Waals surface area contributed by atoms with Crippen molar-refractivity contribution >= 4 is 11.6 Å². The summed E-state index contributed by atoms with van der Waals surface area (Å²) >= 11 is 0. The Kier molecular flexibility index (Phi) is 4.01. The van der Waals surface area contributed by atoms with E-state index in [0.717, 1.165) is 22.9 Å². The van der Waals surface area contributed by atoms with Crippen LogP contribution in [0, 0.1) is 0 Å². The van der Waals surface area contributed by atoms with Crippen molar-refractivity contribution in [1.82, 2.24) is 10.3 Å². The van der Waals surface area contributed by atoms with Gasteiger partial charge in [-0.15, -0.1) is 0 Å². The van der Waals surface area contributed by atoms with Crippen molar-refractivity contribution in [1.29, 1.82) is 0 Å². The van der Waals surface area contributed by atoms with E-state index in [9.17, 15) is 4.79 Å². The Balaban J connectivity index is 1.64. The maximum absolute atomic E-state index is 11.6. The lowest BCUT2D eigenvalue weighted by Gasteiger charge is -2.05. The van der Waals surface area contributed by atoms with Gasteiger partial charge in [-0.3, -0.25) is 4.79 Å². The van der Waals surface area contributed by atoms with Gasteiger partial charge in [0, 0.05) is 30.1 Å². The number of aromatic nitrogens is 1. The monoisotopic (exact) mass is 285 g/mol. The van der Waals surface area contributed by atoms with Crippen LogP contribution in [0.4, 0.5) is 5.69 Å². The SMILES string of the molecule is CNCCC(=O)Nc1ccc(-c2cnc(C3CC3)o2)cc1. The van der Waals surface area contributed by atoms with Crippen LogP contribution in [-0.2, 0) is 4.79 Å². The first-order valence-corrected chi connectivity index (χ1v) is 7.27. The molecule has 21 heavy (non-hydrogen) atoms. The molecule has 2 N–H and O–H groups in total. The lowest BCUT2D eigenvalue weighted by molar-refractivity contribution is -0.116. The molecule has 1 aromatic carbocycles. The van der Waals surface area contributed by atoms with Crippen molar-refractivity contribution in [2.45, 2.75) is 25.2 Å². The smallest absolute Gasteiger partial charge is 0.225 e. The van der Waals surface area contributed by atoms with E-state index in [1.54, 1.807) is 6.20 Å². The lowest BCUT2D eigenvalue weighted by Crippen LogP contribution is -2.18. The first-order valence-electron chi connectivity index (χ1n) is 7.27. The normalized spacial score (nSPS) is 14.1. The van der Waals surface area contributed by atoms with Gasteiger partial charge in [-0.1, -0.05) is 0 Å². The molecule has 0 radical (unpaired) electrons. The molecule has 1 saturated carbocycles. The first-order chi connectivity index (χ1) is 10.3. The minimum absolute atomic E-state index is 0.00721. The summed E-state index contributed by atoms with van der Waals surface area (Å²) in [5.74, 6) is 2.15. The van der Waals surface area contributed by atoms with Crippen LogP contribution in [0.3, 0.4) is 0 Å². The molecule has 110 valence electrons. The fourth-order valence-electron chi connectivity index (χ4n) is 2.12. The van der Waals surface area contributed by atoms with Crippen LogP contribution in [0.25, 0.3) is 11.3 Å². The summed E-state index contributed by atoms with van der Waals surface area (Å²) < 4.78 is 5.76. The maximum atomic E-state index is 11.6. The van der Waals surface area contributed by atoms with Crippen molar-refractivity contribution in [2.24, 2.45) is 0 Å². The maximum Gasteiger partial charge on any atom is 0.225 e. The first kappa shape index (κ1) is 13.8. The topological polar surface area (TPSA) is 67.2 Å². The zero-order chi connectivity index (χ0) is 14.7. The fourth-order valence-corrected chi connectivity index (χ4v) is 2.12. The Morgan fingerprint density at radius 2 is 2.10 bits per heavy atom. The van der Waals surface area contributed by atoms with E-state index in [1.165, 1.54) is 12.8 Å². The lowest BCUT2D eigenvalue weighted by atomic mass is 10.1. The number of carbonyl (C=O) groups is 1. The van der Waals surface area contributed by atoms with Gasteiger partial charge >= 0.3 is 0 Å². The molecule has 1 aliphatic carbocycles. The highest BCUT2D eigenvalue weighted by Gasteiger charge is 2.28. The van der Waals surface area contributed by atoms with Gasteiger partial charge in [0.1, 0.15) is 0 Å². The van der Waals surface area contributed by atoms with Gasteiger partial charge in [0.25, 0.3) is 0 Å². The van der Waals surface area contributed by atoms with E-state index in [-0.39, 0.29) is 5.91 Å². The van der Waals surface area contributed by atoms with E-state index in [4.69, 9.17) is 4.42 Å². The van der Waals surface area contributed by atoms with Crippen molar-refractivity contribution in [2.75, 3.05) is 18.9 Å². The summed E-state index contributed by atoms with van der Waals surface area (Å²) in [5, 5.41) is 5.81. The number of nitrogens with zero attached hydrogens (tertiary/aromatic N) is 1. The predicted octanol–water partition coefficient (Wildman–Crippen LogP) is 2.77. The number of amides is 1. The molecule has 0 saturated heterocycles. The number of oxazole rings is 1. The number of hydrogen-bond acceptors (Lipinski definition) is 4. The quantitative estimate of drug-likeness (QED) is 0.856. The van der Waals surface area contributed by atoms with Gasteiger partial charge in [0.05, 0.1) is 6.20 Å². The van der Waals surface area contributed by atoms with Crippen molar-refractivity contribution in [3.8, 4) is 11.3 Å². The number of benzene rings is 1. The third-order valence-corrected chi connectivity index (χ3v) is 3.51. The Morgan fingerprint density at radius 1 is 1.33 bits per heavy atom. The number of rotatable bonds is 6.